The number of imidazole rings is 1. The molecule has 1 aliphatic heterocycles. The molecular weight excluding hydrogens is 454 g/mol. The van der Waals surface area contributed by atoms with E-state index in [2.05, 4.69) is 9.97 Å². The van der Waals surface area contributed by atoms with Crippen LogP contribution < -0.4 is 17.0 Å². The number of H-pyrrole nitrogens is 1. The van der Waals surface area contributed by atoms with Gasteiger partial charge in [0.25, 0.3) is 5.56 Å². The Labute approximate surface area is 191 Å². The number of aromatic amines is 1. The van der Waals surface area contributed by atoms with Gasteiger partial charge in [0.15, 0.2) is 29.6 Å². The number of nitrogen functional groups attached to an aromatic ring is 1. The van der Waals surface area contributed by atoms with Crippen LogP contribution in [0.5, 0.6) is 0 Å². The molecule has 34 heavy (non-hydrogen) atoms. The molecule has 2 aromatic heterocycles. The average Bonchev–Trinajstić information content (AvgIpc) is 3.43. The van der Waals surface area contributed by atoms with Gasteiger partial charge in [-0.2, -0.15) is 4.98 Å². The number of anilines is 1. The zero-order valence-corrected chi connectivity index (χ0v) is 18.8. The summed E-state index contributed by atoms with van der Waals surface area (Å²) >= 11 is 0. The number of ether oxygens (including phenoxy) is 4. The Hall–Kier alpha value is -3.68. The lowest BCUT2D eigenvalue weighted by atomic mass is 10.1. The van der Waals surface area contributed by atoms with Crippen molar-refractivity contribution in [3.63, 3.8) is 0 Å². The first kappa shape index (κ1) is 23.5. The number of rotatable bonds is 7. The van der Waals surface area contributed by atoms with Gasteiger partial charge >= 0.3 is 23.6 Å². The van der Waals surface area contributed by atoms with Crippen LogP contribution in [0.25, 0.3) is 11.2 Å². The first-order chi connectivity index (χ1) is 16.1. The maximum atomic E-state index is 13.5. The fourth-order valence-corrected chi connectivity index (χ4v) is 4.06. The van der Waals surface area contributed by atoms with Gasteiger partial charge in [0, 0.05) is 27.3 Å². The second-order valence-corrected chi connectivity index (χ2v) is 8.35. The molecule has 14 nitrogen and oxygen atoms in total. The summed E-state index contributed by atoms with van der Waals surface area (Å²) in [6, 6.07) is 0. The number of nitrogens with two attached hydrogens (primary N) is 1. The molecule has 1 saturated carbocycles. The van der Waals surface area contributed by atoms with Crippen molar-refractivity contribution in [3.05, 3.63) is 20.8 Å². The van der Waals surface area contributed by atoms with E-state index in [1.165, 1.54) is 11.5 Å². The molecule has 184 valence electrons. The van der Waals surface area contributed by atoms with Gasteiger partial charge in [-0.1, -0.05) is 0 Å². The normalized spacial score (nSPS) is 24.2. The van der Waals surface area contributed by atoms with Crippen LogP contribution in [0.1, 0.15) is 39.8 Å². The summed E-state index contributed by atoms with van der Waals surface area (Å²) in [7, 11) is 0. The maximum absolute atomic E-state index is 13.5. The van der Waals surface area contributed by atoms with Gasteiger partial charge in [0.1, 0.15) is 12.7 Å². The topological polar surface area (TPSA) is 187 Å². The molecule has 2 fully saturated rings. The minimum atomic E-state index is -1.35. The number of esters is 3. The molecule has 0 bridgehead atoms. The van der Waals surface area contributed by atoms with Gasteiger partial charge in [-0.25, -0.2) is 9.36 Å². The molecule has 0 spiro atoms. The molecule has 0 amide bonds. The van der Waals surface area contributed by atoms with Crippen molar-refractivity contribution in [1.82, 2.24) is 19.1 Å². The summed E-state index contributed by atoms with van der Waals surface area (Å²) in [4.78, 5) is 67.8. The van der Waals surface area contributed by atoms with Gasteiger partial charge < -0.3 is 24.7 Å². The lowest BCUT2D eigenvalue weighted by molar-refractivity contribution is -0.166. The van der Waals surface area contributed by atoms with Crippen LogP contribution in [-0.2, 0) is 39.9 Å². The van der Waals surface area contributed by atoms with Crippen molar-refractivity contribution in [3.8, 4) is 0 Å². The van der Waals surface area contributed by atoms with Crippen LogP contribution in [0.4, 0.5) is 5.95 Å². The van der Waals surface area contributed by atoms with Crippen LogP contribution in [0.15, 0.2) is 9.59 Å². The summed E-state index contributed by atoms with van der Waals surface area (Å²) in [5.41, 5.74) is 4.39. The highest BCUT2D eigenvalue weighted by Gasteiger charge is 2.52. The van der Waals surface area contributed by atoms with E-state index in [-0.39, 0.29) is 36.2 Å². The lowest BCUT2D eigenvalue weighted by Gasteiger charge is -2.23. The highest BCUT2D eigenvalue weighted by Crippen LogP contribution is 2.36. The van der Waals surface area contributed by atoms with Crippen molar-refractivity contribution in [2.45, 2.75) is 64.7 Å². The van der Waals surface area contributed by atoms with E-state index in [1.807, 2.05) is 0 Å². The van der Waals surface area contributed by atoms with Gasteiger partial charge in [-0.15, -0.1) is 0 Å². The number of hydrogen-bond acceptors (Lipinski definition) is 11. The molecule has 0 unspecified atom stereocenters. The van der Waals surface area contributed by atoms with Gasteiger partial charge in [-0.3, -0.25) is 28.7 Å². The maximum Gasteiger partial charge on any atom is 0.332 e. The van der Waals surface area contributed by atoms with E-state index in [0.29, 0.717) is 0 Å². The van der Waals surface area contributed by atoms with Crippen LogP contribution in [0.3, 0.4) is 0 Å². The minimum Gasteiger partial charge on any atom is -0.463 e. The fourth-order valence-electron chi connectivity index (χ4n) is 4.06. The van der Waals surface area contributed by atoms with Gasteiger partial charge in [0.05, 0.1) is 0 Å². The quantitative estimate of drug-likeness (QED) is 0.374. The SMILES string of the molecule is CC(=O)OC[C@H]1O[C@@H](n2c(=O)n(CC3CC3)c3c(=O)[nH]c(N)nc32)[C@H](OC(C)=O)[C@H]1OC(C)=O. The summed E-state index contributed by atoms with van der Waals surface area (Å²) < 4.78 is 24.0. The molecule has 4 atom stereocenters. The van der Waals surface area contributed by atoms with E-state index >= 15 is 0 Å². The number of aromatic nitrogens is 4. The molecule has 0 aromatic carbocycles. The van der Waals surface area contributed by atoms with Crippen LogP contribution in [0.2, 0.25) is 0 Å². The van der Waals surface area contributed by atoms with Crippen LogP contribution in [-0.4, -0.2) is 61.9 Å². The second kappa shape index (κ2) is 8.93. The Kier molecular flexibility index (Phi) is 6.17. The van der Waals surface area contributed by atoms with Crippen molar-refractivity contribution >= 4 is 35.0 Å². The Morgan fingerprint density at radius 1 is 1.09 bits per heavy atom. The number of carbonyl (C=O) groups excluding carboxylic acids is 3. The number of nitrogens with zero attached hydrogens (tertiary/aromatic N) is 3. The molecule has 1 aliphatic carbocycles. The largest absolute Gasteiger partial charge is 0.463 e. The van der Waals surface area contributed by atoms with Crippen molar-refractivity contribution in [1.29, 1.82) is 0 Å². The monoisotopic (exact) mass is 479 g/mol. The second-order valence-electron chi connectivity index (χ2n) is 8.35. The number of nitrogens with one attached hydrogen (secondary N) is 1. The van der Waals surface area contributed by atoms with Crippen molar-refractivity contribution < 1.29 is 33.3 Å². The zero-order valence-electron chi connectivity index (χ0n) is 18.8. The lowest BCUT2D eigenvalue weighted by Crippen LogP contribution is -2.41. The van der Waals surface area contributed by atoms with E-state index in [4.69, 9.17) is 24.7 Å². The van der Waals surface area contributed by atoms with Gasteiger partial charge in [-0.05, 0) is 18.8 Å². The highest BCUT2D eigenvalue weighted by atomic mass is 16.7. The summed E-state index contributed by atoms with van der Waals surface area (Å²) in [6.45, 7) is 3.42. The predicted molar refractivity (Wildman–Crippen MR) is 113 cm³/mol. The molecule has 14 heteroatoms. The summed E-state index contributed by atoms with van der Waals surface area (Å²) in [5.74, 6) is -2.06. The summed E-state index contributed by atoms with van der Waals surface area (Å²) in [6.07, 6.45) is -3.11. The van der Waals surface area contributed by atoms with E-state index in [1.54, 1.807) is 0 Å². The van der Waals surface area contributed by atoms with Crippen LogP contribution in [0, 0.1) is 5.92 Å². The Morgan fingerprint density at radius 3 is 2.32 bits per heavy atom. The standard InChI is InChI=1S/C20H25N5O9/c1-8(26)31-7-12-14(32-9(2)27)15(33-10(3)28)18(34-12)25-16-13(17(29)23-19(21)22-16)24(20(25)30)6-11-4-5-11/h11-12,14-15,18H,4-7H2,1-3H3,(H3,21,22,23,29)/t12-,14+,15-,18-/m1/s1. The summed E-state index contributed by atoms with van der Waals surface area (Å²) in [5, 5.41) is 0. The molecule has 2 aliphatic rings. The fraction of sp³-hybridized carbons (Fsp3) is 0.600. The number of fused-ring (bicyclic) bond motifs is 1. The third-order valence-electron chi connectivity index (χ3n) is 5.56. The number of carbonyl (C=O) groups is 3. The Morgan fingerprint density at radius 2 is 1.74 bits per heavy atom. The first-order valence-corrected chi connectivity index (χ1v) is 10.7. The average molecular weight is 479 g/mol. The Bertz CT molecular complexity index is 1260. The molecule has 2 aromatic rings. The predicted octanol–water partition coefficient (Wildman–Crippen LogP) is -0.798. The molecular formula is C20H25N5O9. The molecule has 3 heterocycles. The van der Waals surface area contributed by atoms with E-state index in [0.717, 1.165) is 31.3 Å². The van der Waals surface area contributed by atoms with E-state index in [9.17, 15) is 24.0 Å². The van der Waals surface area contributed by atoms with Crippen molar-refractivity contribution in [2.75, 3.05) is 12.3 Å². The first-order valence-electron chi connectivity index (χ1n) is 10.7. The van der Waals surface area contributed by atoms with Gasteiger partial charge in [0.2, 0.25) is 5.95 Å². The third-order valence-corrected chi connectivity index (χ3v) is 5.56. The molecule has 1 saturated heterocycles. The van der Waals surface area contributed by atoms with Crippen molar-refractivity contribution in [2.24, 2.45) is 5.92 Å². The smallest absolute Gasteiger partial charge is 0.332 e. The molecule has 0 radical (unpaired) electrons. The third kappa shape index (κ3) is 4.53. The molecule has 3 N–H and O–H groups in total. The highest BCUT2D eigenvalue weighted by molar-refractivity contribution is 5.72. The van der Waals surface area contributed by atoms with E-state index < -0.39 is 53.7 Å². The zero-order chi connectivity index (χ0) is 24.7. The van der Waals surface area contributed by atoms with Crippen LogP contribution >= 0.6 is 0 Å². The number of hydrogen-bond donors (Lipinski definition) is 2. The minimum absolute atomic E-state index is 0.0104. The molecule has 4 rings (SSSR count). The Balaban J connectivity index is 1.87.